The van der Waals surface area contributed by atoms with E-state index in [9.17, 15) is 13.9 Å². The molecule has 0 saturated carbocycles. The van der Waals surface area contributed by atoms with Gasteiger partial charge in [-0.2, -0.15) is 5.10 Å². The van der Waals surface area contributed by atoms with Gasteiger partial charge < -0.3 is 9.84 Å². The molecular formula is C24H24F2N6O2. The topological polar surface area (TPSA) is 90.9 Å². The average molecular weight is 466 g/mol. The van der Waals surface area contributed by atoms with E-state index in [-0.39, 0.29) is 25.3 Å². The van der Waals surface area contributed by atoms with Crippen LogP contribution in [-0.4, -0.2) is 34.9 Å². The molecule has 0 amide bonds. The fraction of sp³-hybridized carbons (Fsp3) is 0.250. The van der Waals surface area contributed by atoms with Crippen LogP contribution in [0.15, 0.2) is 67.4 Å². The lowest BCUT2D eigenvalue weighted by molar-refractivity contribution is -0.00892. The van der Waals surface area contributed by atoms with Crippen LogP contribution in [0.4, 0.5) is 8.78 Å². The summed E-state index contributed by atoms with van der Waals surface area (Å²) in [6.45, 7) is 1.96. The molecule has 4 rings (SSSR count). The molecular weight excluding hydrogens is 442 g/mol. The number of hydrogen-bond donors (Lipinski definition) is 1. The summed E-state index contributed by atoms with van der Waals surface area (Å²) in [6.07, 6.45) is 9.40. The Bertz CT molecular complexity index is 1240. The van der Waals surface area contributed by atoms with Crippen molar-refractivity contribution in [3.63, 3.8) is 0 Å². The highest BCUT2D eigenvalue weighted by Gasteiger charge is 2.34. The Morgan fingerprint density at radius 1 is 1.09 bits per heavy atom. The van der Waals surface area contributed by atoms with Crippen LogP contribution in [0, 0.1) is 11.6 Å². The van der Waals surface area contributed by atoms with Gasteiger partial charge in [0.15, 0.2) is 0 Å². The highest BCUT2D eigenvalue weighted by Crippen LogP contribution is 2.28. The third-order valence-electron chi connectivity index (χ3n) is 5.15. The van der Waals surface area contributed by atoms with Gasteiger partial charge in [0.05, 0.1) is 19.3 Å². The summed E-state index contributed by atoms with van der Waals surface area (Å²) in [5.41, 5.74) is -0.272. The summed E-state index contributed by atoms with van der Waals surface area (Å²) in [5.74, 6) is -0.929. The molecule has 1 unspecified atom stereocenters. The molecule has 1 atom stereocenters. The van der Waals surface area contributed by atoms with Gasteiger partial charge in [-0.25, -0.2) is 23.1 Å². The number of hydrogen-bond acceptors (Lipinski definition) is 6. The van der Waals surface area contributed by atoms with E-state index < -0.39 is 17.2 Å². The zero-order chi connectivity index (χ0) is 24.0. The van der Waals surface area contributed by atoms with Crippen molar-refractivity contribution < 1.29 is 18.6 Å². The van der Waals surface area contributed by atoms with E-state index in [4.69, 9.17) is 4.74 Å². The van der Waals surface area contributed by atoms with Crippen molar-refractivity contribution in [3.05, 3.63) is 95.8 Å². The summed E-state index contributed by atoms with van der Waals surface area (Å²) in [6, 6.07) is 10.7. The Morgan fingerprint density at radius 2 is 1.88 bits per heavy atom. The second kappa shape index (κ2) is 10.3. The van der Waals surface area contributed by atoms with Gasteiger partial charge in [-0.15, -0.1) is 5.10 Å². The first kappa shape index (κ1) is 23.2. The molecule has 34 heavy (non-hydrogen) atoms. The summed E-state index contributed by atoms with van der Waals surface area (Å²) in [7, 11) is 0. The van der Waals surface area contributed by atoms with Crippen LogP contribution in [0.2, 0.25) is 0 Å². The van der Waals surface area contributed by atoms with Gasteiger partial charge in [0, 0.05) is 11.6 Å². The zero-order valence-corrected chi connectivity index (χ0v) is 18.6. The Labute approximate surface area is 195 Å². The van der Waals surface area contributed by atoms with Crippen molar-refractivity contribution >= 4 is 6.08 Å². The number of aliphatic hydroxyl groups is 1. The van der Waals surface area contributed by atoms with Gasteiger partial charge in [0.1, 0.15) is 47.9 Å². The van der Waals surface area contributed by atoms with Crippen molar-refractivity contribution in [2.45, 2.75) is 38.6 Å². The number of ether oxygens (including phenoxy) is 1. The molecule has 2 heterocycles. The standard InChI is InChI=1S/C24H24F2N6O2/c1-2-3-4-18-5-8-21(9-6-18)34-13-20-12-31(30-29-20)14-24(33,15-32-17-27-16-28-32)22-10-7-19(25)11-23(22)26/h3-12,16-17,33H,2,13-15H2,1H3. The highest BCUT2D eigenvalue weighted by atomic mass is 19.1. The molecule has 0 aliphatic rings. The molecule has 2 aromatic heterocycles. The van der Waals surface area contributed by atoms with Crippen molar-refractivity contribution in [1.82, 2.24) is 29.8 Å². The van der Waals surface area contributed by atoms with E-state index in [1.807, 2.05) is 30.3 Å². The van der Waals surface area contributed by atoms with Crippen LogP contribution in [0.3, 0.4) is 0 Å². The van der Waals surface area contributed by atoms with Crippen LogP contribution in [0.25, 0.3) is 6.08 Å². The van der Waals surface area contributed by atoms with E-state index in [1.165, 1.54) is 28.1 Å². The first-order chi connectivity index (χ1) is 16.4. The lowest BCUT2D eigenvalue weighted by Crippen LogP contribution is -2.37. The van der Waals surface area contributed by atoms with Crippen LogP contribution >= 0.6 is 0 Å². The van der Waals surface area contributed by atoms with Crippen molar-refractivity contribution in [2.75, 3.05) is 0 Å². The minimum atomic E-state index is -1.79. The van der Waals surface area contributed by atoms with Gasteiger partial charge >= 0.3 is 0 Å². The molecule has 0 bridgehead atoms. The molecule has 4 aromatic rings. The number of allylic oxidation sites excluding steroid dienone is 1. The third kappa shape index (κ3) is 5.70. The number of benzene rings is 2. The van der Waals surface area contributed by atoms with Crippen molar-refractivity contribution in [3.8, 4) is 5.75 Å². The fourth-order valence-electron chi connectivity index (χ4n) is 3.51. The maximum atomic E-state index is 14.6. The smallest absolute Gasteiger partial charge is 0.137 e. The maximum absolute atomic E-state index is 14.6. The van der Waals surface area contributed by atoms with E-state index in [0.717, 1.165) is 24.1 Å². The minimum absolute atomic E-state index is 0.0880. The van der Waals surface area contributed by atoms with Crippen molar-refractivity contribution in [1.29, 1.82) is 0 Å². The van der Waals surface area contributed by atoms with Gasteiger partial charge in [-0.1, -0.05) is 42.5 Å². The maximum Gasteiger partial charge on any atom is 0.137 e. The second-order valence-corrected chi connectivity index (χ2v) is 7.82. The summed E-state index contributed by atoms with van der Waals surface area (Å²) >= 11 is 0. The molecule has 8 nitrogen and oxygen atoms in total. The van der Waals surface area contributed by atoms with Crippen LogP contribution in [-0.2, 0) is 25.3 Å². The summed E-state index contributed by atoms with van der Waals surface area (Å²) in [4.78, 5) is 3.85. The van der Waals surface area contributed by atoms with Gasteiger partial charge in [0.25, 0.3) is 0 Å². The molecule has 0 saturated heterocycles. The number of aromatic nitrogens is 6. The lowest BCUT2D eigenvalue weighted by Gasteiger charge is -2.28. The molecule has 0 fully saturated rings. The Kier molecular flexibility index (Phi) is 7.07. The van der Waals surface area contributed by atoms with E-state index in [0.29, 0.717) is 11.4 Å². The number of rotatable bonds is 10. The third-order valence-corrected chi connectivity index (χ3v) is 5.15. The van der Waals surface area contributed by atoms with Gasteiger partial charge in [0.2, 0.25) is 0 Å². The predicted octanol–water partition coefficient (Wildman–Crippen LogP) is 3.74. The SMILES string of the molecule is CCC=Cc1ccc(OCc2cn(CC(O)(Cn3cncn3)c3ccc(F)cc3F)nn2)cc1. The highest BCUT2D eigenvalue weighted by molar-refractivity contribution is 5.50. The minimum Gasteiger partial charge on any atom is -0.487 e. The van der Waals surface area contributed by atoms with E-state index >= 15 is 0 Å². The van der Waals surface area contributed by atoms with Crippen molar-refractivity contribution in [2.24, 2.45) is 0 Å². The molecule has 0 aliphatic heterocycles. The number of halogens is 2. The first-order valence-corrected chi connectivity index (χ1v) is 10.7. The monoisotopic (exact) mass is 466 g/mol. The molecule has 2 aromatic carbocycles. The molecule has 176 valence electrons. The van der Waals surface area contributed by atoms with E-state index in [2.05, 4.69) is 33.4 Å². The quantitative estimate of drug-likeness (QED) is 0.383. The predicted molar refractivity (Wildman–Crippen MR) is 120 cm³/mol. The largest absolute Gasteiger partial charge is 0.487 e. The zero-order valence-electron chi connectivity index (χ0n) is 18.6. The van der Waals surface area contributed by atoms with E-state index in [1.54, 1.807) is 6.20 Å². The van der Waals surface area contributed by atoms with Crippen LogP contribution in [0.5, 0.6) is 5.75 Å². The van der Waals surface area contributed by atoms with Crippen LogP contribution < -0.4 is 4.74 Å². The number of nitrogens with zero attached hydrogens (tertiary/aromatic N) is 6. The molecule has 0 aliphatic carbocycles. The van der Waals surface area contributed by atoms with Gasteiger partial charge in [-0.05, 0) is 30.2 Å². The summed E-state index contributed by atoms with van der Waals surface area (Å²) in [5, 5.41) is 23.5. The summed E-state index contributed by atoms with van der Waals surface area (Å²) < 4.78 is 36.5. The lowest BCUT2D eigenvalue weighted by atomic mass is 9.93. The normalized spacial score (nSPS) is 13.3. The molecule has 1 N–H and O–H groups in total. The Balaban J connectivity index is 1.47. The molecule has 0 spiro atoms. The van der Waals surface area contributed by atoms with Crippen LogP contribution in [0.1, 0.15) is 30.2 Å². The molecule has 10 heteroatoms. The molecule has 0 radical (unpaired) electrons. The Morgan fingerprint density at radius 3 is 2.59 bits per heavy atom. The Hall–Kier alpha value is -3.92. The average Bonchev–Trinajstić information content (AvgIpc) is 3.48. The second-order valence-electron chi connectivity index (χ2n) is 7.82. The van der Waals surface area contributed by atoms with Gasteiger partial charge in [-0.3, -0.25) is 0 Å². The fourth-order valence-corrected chi connectivity index (χ4v) is 3.51. The first-order valence-electron chi connectivity index (χ1n) is 10.7.